The molecule has 0 aliphatic rings. The molecule has 0 bridgehead atoms. The highest BCUT2D eigenvalue weighted by atomic mass is 16.1. The second-order valence-electron chi connectivity index (χ2n) is 6.04. The van der Waals surface area contributed by atoms with E-state index >= 15 is 0 Å². The first-order valence-corrected chi connectivity index (χ1v) is 8.39. The molecule has 4 rings (SSSR count). The zero-order valence-corrected chi connectivity index (χ0v) is 14.3. The molecule has 3 aromatic heterocycles. The molecule has 0 fully saturated rings. The third-order valence-electron chi connectivity index (χ3n) is 4.28. The van der Waals surface area contributed by atoms with Crippen LogP contribution >= 0.6 is 0 Å². The predicted octanol–water partition coefficient (Wildman–Crippen LogP) is 3.20. The summed E-state index contributed by atoms with van der Waals surface area (Å²) in [5, 5.41) is 16.2. The maximum absolute atomic E-state index is 12.4. The molecule has 0 spiro atoms. The van der Waals surface area contributed by atoms with Crippen molar-refractivity contribution in [3.8, 4) is 17.2 Å². The van der Waals surface area contributed by atoms with E-state index < -0.39 is 0 Å². The summed E-state index contributed by atoms with van der Waals surface area (Å²) >= 11 is 0. The summed E-state index contributed by atoms with van der Waals surface area (Å²) in [6, 6.07) is 16.9. The van der Waals surface area contributed by atoms with E-state index in [1.54, 1.807) is 47.5 Å². The van der Waals surface area contributed by atoms with Crippen LogP contribution in [0.25, 0.3) is 16.6 Å². The van der Waals surface area contributed by atoms with Crippen molar-refractivity contribution in [3.05, 3.63) is 90.0 Å². The van der Waals surface area contributed by atoms with E-state index in [2.05, 4.69) is 21.5 Å². The number of nitrogens with one attached hydrogen (secondary N) is 1. The average molecular weight is 353 g/mol. The maximum atomic E-state index is 12.4. The van der Waals surface area contributed by atoms with E-state index in [1.807, 2.05) is 30.3 Å². The molecule has 0 saturated carbocycles. The molecule has 0 unspecified atom stereocenters. The second-order valence-corrected chi connectivity index (χ2v) is 6.04. The van der Waals surface area contributed by atoms with Crippen LogP contribution in [0.1, 0.15) is 21.5 Å². The smallest absolute Gasteiger partial charge is 0.253 e. The van der Waals surface area contributed by atoms with Crippen LogP contribution in [-0.2, 0) is 6.54 Å². The average Bonchev–Trinajstić information content (AvgIpc) is 3.16. The van der Waals surface area contributed by atoms with Gasteiger partial charge in [-0.25, -0.2) is 4.52 Å². The number of carbonyl (C=O) groups excluding carboxylic acids is 1. The van der Waals surface area contributed by atoms with Crippen LogP contribution in [-0.4, -0.2) is 20.5 Å². The monoisotopic (exact) mass is 353 g/mol. The lowest BCUT2D eigenvalue weighted by atomic mass is 10.1. The van der Waals surface area contributed by atoms with Crippen LogP contribution in [0.2, 0.25) is 0 Å². The van der Waals surface area contributed by atoms with E-state index in [1.165, 1.54) is 0 Å². The molecule has 0 aliphatic carbocycles. The number of hydrogen-bond acceptors (Lipinski definition) is 4. The third kappa shape index (κ3) is 3.39. The van der Waals surface area contributed by atoms with Crippen LogP contribution in [0.3, 0.4) is 0 Å². The normalized spacial score (nSPS) is 10.5. The van der Waals surface area contributed by atoms with Gasteiger partial charge in [0.2, 0.25) is 0 Å². The minimum absolute atomic E-state index is 0.170. The van der Waals surface area contributed by atoms with Crippen LogP contribution < -0.4 is 5.32 Å². The van der Waals surface area contributed by atoms with Gasteiger partial charge in [-0.3, -0.25) is 9.78 Å². The molecule has 1 amide bonds. The van der Waals surface area contributed by atoms with Crippen molar-refractivity contribution in [3.63, 3.8) is 0 Å². The van der Waals surface area contributed by atoms with E-state index in [-0.39, 0.29) is 5.91 Å². The fourth-order valence-electron chi connectivity index (χ4n) is 2.85. The molecule has 1 aromatic carbocycles. The number of hydrogen-bond donors (Lipinski definition) is 1. The standard InChI is InChI=1S/C21H15N5O/c22-10-15-3-5-17(6-4-15)19-13-25-26-14-18(7-8-20(19)26)21(27)24-12-16-2-1-9-23-11-16/h1-9,11,13-14H,12H2,(H,24,27). The minimum Gasteiger partial charge on any atom is -0.348 e. The predicted molar refractivity (Wildman–Crippen MR) is 101 cm³/mol. The highest BCUT2D eigenvalue weighted by molar-refractivity contribution is 5.94. The third-order valence-corrected chi connectivity index (χ3v) is 4.28. The second kappa shape index (κ2) is 7.10. The van der Waals surface area contributed by atoms with E-state index in [4.69, 9.17) is 5.26 Å². The largest absolute Gasteiger partial charge is 0.348 e. The van der Waals surface area contributed by atoms with Crippen LogP contribution in [0.4, 0.5) is 0 Å². The molecule has 0 aliphatic heterocycles. The van der Waals surface area contributed by atoms with E-state index in [0.717, 1.165) is 22.2 Å². The molecular weight excluding hydrogens is 338 g/mol. The summed E-state index contributed by atoms with van der Waals surface area (Å²) < 4.78 is 1.69. The highest BCUT2D eigenvalue weighted by Gasteiger charge is 2.11. The van der Waals surface area contributed by atoms with Crippen LogP contribution in [0.15, 0.2) is 73.3 Å². The van der Waals surface area contributed by atoms with Crippen molar-refractivity contribution in [2.45, 2.75) is 6.54 Å². The topological polar surface area (TPSA) is 83.1 Å². The lowest BCUT2D eigenvalue weighted by Crippen LogP contribution is -2.23. The number of benzene rings is 1. The molecule has 0 radical (unpaired) electrons. The summed E-state index contributed by atoms with van der Waals surface area (Å²) in [4.78, 5) is 16.4. The van der Waals surface area contributed by atoms with Gasteiger partial charge in [0.05, 0.1) is 28.9 Å². The van der Waals surface area contributed by atoms with Gasteiger partial charge in [-0.1, -0.05) is 18.2 Å². The Balaban J connectivity index is 1.56. The van der Waals surface area contributed by atoms with E-state index in [9.17, 15) is 4.79 Å². The maximum Gasteiger partial charge on any atom is 0.253 e. The van der Waals surface area contributed by atoms with Gasteiger partial charge in [0.15, 0.2) is 0 Å². The number of carbonyl (C=O) groups is 1. The molecule has 3 heterocycles. The lowest BCUT2D eigenvalue weighted by molar-refractivity contribution is 0.0950. The lowest BCUT2D eigenvalue weighted by Gasteiger charge is -2.06. The number of amides is 1. The van der Waals surface area contributed by atoms with Crippen LogP contribution in [0.5, 0.6) is 0 Å². The molecule has 6 nitrogen and oxygen atoms in total. The Labute approximate surface area is 155 Å². The number of nitriles is 1. The molecule has 130 valence electrons. The molecule has 1 N–H and O–H groups in total. The Morgan fingerprint density at radius 2 is 1.96 bits per heavy atom. The van der Waals surface area contributed by atoms with Crippen molar-refractivity contribution in [2.75, 3.05) is 0 Å². The molecule has 0 saturated heterocycles. The van der Waals surface area contributed by atoms with Gasteiger partial charge in [0, 0.05) is 30.7 Å². The fraction of sp³-hybridized carbons (Fsp3) is 0.0476. The van der Waals surface area contributed by atoms with Gasteiger partial charge in [-0.05, 0) is 41.5 Å². The van der Waals surface area contributed by atoms with Crippen molar-refractivity contribution in [1.29, 1.82) is 5.26 Å². The summed E-state index contributed by atoms with van der Waals surface area (Å²) in [6.45, 7) is 0.417. The number of nitrogens with zero attached hydrogens (tertiary/aromatic N) is 4. The van der Waals surface area contributed by atoms with Crippen molar-refractivity contribution < 1.29 is 4.79 Å². The SMILES string of the molecule is N#Cc1ccc(-c2cnn3cc(C(=O)NCc4cccnc4)ccc23)cc1. The molecular formula is C21H15N5O. The van der Waals surface area contributed by atoms with E-state index in [0.29, 0.717) is 17.7 Å². The zero-order chi connectivity index (χ0) is 18.6. The van der Waals surface area contributed by atoms with Crippen molar-refractivity contribution in [2.24, 2.45) is 0 Å². The van der Waals surface area contributed by atoms with Gasteiger partial charge in [-0.2, -0.15) is 10.4 Å². The number of fused-ring (bicyclic) bond motifs is 1. The van der Waals surface area contributed by atoms with Crippen molar-refractivity contribution >= 4 is 11.4 Å². The summed E-state index contributed by atoms with van der Waals surface area (Å²) in [5.41, 5.74) is 4.89. The number of rotatable bonds is 4. The number of pyridine rings is 2. The Bertz CT molecular complexity index is 1140. The Hall–Kier alpha value is -3.98. The molecule has 0 atom stereocenters. The summed E-state index contributed by atoms with van der Waals surface area (Å²) in [7, 11) is 0. The summed E-state index contributed by atoms with van der Waals surface area (Å²) in [6.07, 6.45) is 6.89. The highest BCUT2D eigenvalue weighted by Crippen LogP contribution is 2.25. The van der Waals surface area contributed by atoms with Gasteiger partial charge < -0.3 is 5.32 Å². The Morgan fingerprint density at radius 3 is 2.70 bits per heavy atom. The first-order chi connectivity index (χ1) is 13.2. The first-order valence-electron chi connectivity index (χ1n) is 8.39. The quantitative estimate of drug-likeness (QED) is 0.611. The van der Waals surface area contributed by atoms with Crippen LogP contribution in [0, 0.1) is 11.3 Å². The van der Waals surface area contributed by atoms with Gasteiger partial charge in [0.25, 0.3) is 5.91 Å². The Kier molecular flexibility index (Phi) is 4.33. The summed E-state index contributed by atoms with van der Waals surface area (Å²) in [5.74, 6) is -0.170. The molecule has 6 heteroatoms. The first kappa shape index (κ1) is 16.5. The molecule has 4 aromatic rings. The minimum atomic E-state index is -0.170. The number of aromatic nitrogens is 3. The van der Waals surface area contributed by atoms with Gasteiger partial charge >= 0.3 is 0 Å². The zero-order valence-electron chi connectivity index (χ0n) is 14.3. The van der Waals surface area contributed by atoms with Gasteiger partial charge in [0.1, 0.15) is 0 Å². The Morgan fingerprint density at radius 1 is 1.11 bits per heavy atom. The van der Waals surface area contributed by atoms with Crippen molar-refractivity contribution in [1.82, 2.24) is 19.9 Å². The van der Waals surface area contributed by atoms with Gasteiger partial charge in [-0.15, -0.1) is 0 Å². The molecule has 27 heavy (non-hydrogen) atoms. The fourth-order valence-corrected chi connectivity index (χ4v) is 2.85.